The molecule has 1 aromatic carbocycles. The van der Waals surface area contributed by atoms with Crippen molar-refractivity contribution in [2.24, 2.45) is 11.8 Å². The molecule has 2 heterocycles. The van der Waals surface area contributed by atoms with Crippen molar-refractivity contribution in [3.63, 3.8) is 0 Å². The molecule has 1 aromatic heterocycles. The van der Waals surface area contributed by atoms with Gasteiger partial charge in [0.15, 0.2) is 17.2 Å². The fraction of sp³-hybridized carbons (Fsp3) is 0.704. The zero-order valence-corrected chi connectivity index (χ0v) is 20.4. The Morgan fingerprint density at radius 3 is 2.46 bits per heavy atom. The fourth-order valence-corrected chi connectivity index (χ4v) is 6.42. The number of rotatable bonds is 7. The van der Waals surface area contributed by atoms with Gasteiger partial charge in [0.1, 0.15) is 0 Å². The number of aliphatic hydroxyl groups excluding tert-OH is 1. The number of aromatic nitrogens is 1. The van der Waals surface area contributed by atoms with Crippen LogP contribution in [0.5, 0.6) is 0 Å². The lowest BCUT2D eigenvalue weighted by Gasteiger charge is -2.34. The van der Waals surface area contributed by atoms with Crippen LogP contribution in [0.25, 0.3) is 11.0 Å². The molecule has 0 bridgehead atoms. The number of aliphatic hydroxyl groups is 1. The maximum atomic E-state index is 13.7. The van der Waals surface area contributed by atoms with Crippen LogP contribution < -0.4 is 5.32 Å². The predicted molar refractivity (Wildman–Crippen MR) is 129 cm³/mol. The van der Waals surface area contributed by atoms with Crippen molar-refractivity contribution in [1.29, 1.82) is 0 Å². The lowest BCUT2D eigenvalue weighted by atomic mass is 9.83. The van der Waals surface area contributed by atoms with Crippen LogP contribution in [0.4, 0.5) is 8.78 Å². The number of fused-ring (bicyclic) bond motifs is 1. The van der Waals surface area contributed by atoms with Crippen molar-refractivity contribution >= 4 is 16.9 Å². The van der Waals surface area contributed by atoms with Crippen molar-refractivity contribution in [1.82, 2.24) is 15.4 Å². The van der Waals surface area contributed by atoms with Crippen LogP contribution in [-0.2, 0) is 4.79 Å². The number of nitrogens with one attached hydrogen (secondary N) is 1. The Labute approximate surface area is 205 Å². The molecule has 2 aromatic rings. The lowest BCUT2D eigenvalue weighted by Crippen LogP contribution is -2.39. The Morgan fingerprint density at radius 2 is 1.74 bits per heavy atom. The first-order valence-electron chi connectivity index (χ1n) is 13.4. The molecule has 1 aliphatic heterocycles. The second kappa shape index (κ2) is 10.9. The number of amides is 1. The molecule has 2 aliphatic carbocycles. The summed E-state index contributed by atoms with van der Waals surface area (Å²) in [5, 5.41) is 17.6. The van der Waals surface area contributed by atoms with Gasteiger partial charge in [-0.15, -0.1) is 0 Å². The third-order valence-electron chi connectivity index (χ3n) is 8.57. The SMILES string of the molecule is O=C(C[C@@H]1CC[C@@H](O)C1)NC1CCC(CCN2CCC(c3noc4cc(F)c(F)cc34)CC2)CC1. The van der Waals surface area contributed by atoms with Gasteiger partial charge in [-0.2, -0.15) is 0 Å². The highest BCUT2D eigenvalue weighted by Crippen LogP contribution is 2.34. The minimum atomic E-state index is -0.906. The zero-order valence-electron chi connectivity index (χ0n) is 20.4. The lowest BCUT2D eigenvalue weighted by molar-refractivity contribution is -0.123. The van der Waals surface area contributed by atoms with Crippen LogP contribution in [0.1, 0.15) is 82.2 Å². The highest BCUT2D eigenvalue weighted by atomic mass is 19.2. The van der Waals surface area contributed by atoms with Gasteiger partial charge in [0.05, 0.1) is 11.8 Å². The maximum Gasteiger partial charge on any atom is 0.220 e. The van der Waals surface area contributed by atoms with Gasteiger partial charge in [-0.25, -0.2) is 8.78 Å². The van der Waals surface area contributed by atoms with Crippen LogP contribution >= 0.6 is 0 Å². The Kier molecular flexibility index (Phi) is 7.68. The third-order valence-corrected chi connectivity index (χ3v) is 8.57. The monoisotopic (exact) mass is 489 g/mol. The van der Waals surface area contributed by atoms with Gasteiger partial charge < -0.3 is 19.8 Å². The molecule has 0 radical (unpaired) electrons. The van der Waals surface area contributed by atoms with Crippen LogP contribution in [-0.4, -0.2) is 52.9 Å². The van der Waals surface area contributed by atoms with Crippen molar-refractivity contribution in [3.05, 3.63) is 29.5 Å². The van der Waals surface area contributed by atoms with E-state index in [4.69, 9.17) is 4.52 Å². The van der Waals surface area contributed by atoms with Gasteiger partial charge >= 0.3 is 0 Å². The van der Waals surface area contributed by atoms with E-state index in [9.17, 15) is 18.7 Å². The van der Waals surface area contributed by atoms with Crippen LogP contribution in [0.15, 0.2) is 16.7 Å². The third kappa shape index (κ3) is 6.02. The van der Waals surface area contributed by atoms with E-state index in [0.29, 0.717) is 35.3 Å². The van der Waals surface area contributed by atoms with Gasteiger partial charge in [-0.05, 0) is 102 Å². The van der Waals surface area contributed by atoms with Crippen molar-refractivity contribution in [2.75, 3.05) is 19.6 Å². The molecule has 35 heavy (non-hydrogen) atoms. The Hall–Kier alpha value is -2.06. The van der Waals surface area contributed by atoms with Crippen LogP contribution in [0.3, 0.4) is 0 Å². The predicted octanol–water partition coefficient (Wildman–Crippen LogP) is 4.90. The molecular formula is C27H37F2N3O3. The Bertz CT molecular complexity index is 1010. The number of hydrogen-bond donors (Lipinski definition) is 2. The molecule has 5 rings (SSSR count). The standard InChI is InChI=1S/C27H37F2N3O3/c28-23-15-22-25(16-24(23)29)35-31-27(22)19-8-11-32(12-9-19)10-7-17-1-4-20(5-2-17)30-26(34)14-18-3-6-21(33)13-18/h15-21,33H,1-14H2,(H,30,34)/t17?,18-,20?,21-/m1/s1. The fourth-order valence-electron chi connectivity index (χ4n) is 6.42. The maximum absolute atomic E-state index is 13.7. The number of carbonyl (C=O) groups is 1. The van der Waals surface area contributed by atoms with Crippen molar-refractivity contribution in [3.8, 4) is 0 Å². The largest absolute Gasteiger partial charge is 0.393 e. The van der Waals surface area contributed by atoms with E-state index in [2.05, 4.69) is 15.4 Å². The quantitative estimate of drug-likeness (QED) is 0.578. The summed E-state index contributed by atoms with van der Waals surface area (Å²) in [5.41, 5.74) is 1.06. The van der Waals surface area contributed by atoms with Gasteiger partial charge in [0.25, 0.3) is 0 Å². The molecule has 8 heteroatoms. The average Bonchev–Trinajstić information content (AvgIpc) is 3.44. The molecule has 1 amide bonds. The number of nitrogens with zero attached hydrogens (tertiary/aromatic N) is 2. The summed E-state index contributed by atoms with van der Waals surface area (Å²) in [6, 6.07) is 2.59. The van der Waals surface area contributed by atoms with E-state index >= 15 is 0 Å². The van der Waals surface area contributed by atoms with Crippen LogP contribution in [0.2, 0.25) is 0 Å². The second-order valence-corrected chi connectivity index (χ2v) is 11.1. The first kappa shape index (κ1) is 24.6. The Morgan fingerprint density at radius 1 is 1.03 bits per heavy atom. The molecule has 192 valence electrons. The van der Waals surface area contributed by atoms with E-state index in [1.54, 1.807) is 0 Å². The molecule has 3 aliphatic rings. The van der Waals surface area contributed by atoms with E-state index in [0.717, 1.165) is 89.2 Å². The topological polar surface area (TPSA) is 78.6 Å². The summed E-state index contributed by atoms with van der Waals surface area (Å²) in [6.07, 6.45) is 10.4. The normalized spacial score (nSPS) is 28.5. The minimum absolute atomic E-state index is 0.156. The number of halogens is 2. The van der Waals surface area contributed by atoms with Gasteiger partial charge in [-0.1, -0.05) is 5.16 Å². The molecule has 0 unspecified atom stereocenters. The average molecular weight is 490 g/mol. The number of likely N-dealkylation sites (tertiary alicyclic amines) is 1. The smallest absolute Gasteiger partial charge is 0.220 e. The van der Waals surface area contributed by atoms with E-state index < -0.39 is 11.6 Å². The minimum Gasteiger partial charge on any atom is -0.393 e. The van der Waals surface area contributed by atoms with Crippen molar-refractivity contribution in [2.45, 2.75) is 88.7 Å². The molecule has 1 saturated heterocycles. The molecular weight excluding hydrogens is 452 g/mol. The second-order valence-electron chi connectivity index (χ2n) is 11.1. The number of benzene rings is 1. The van der Waals surface area contributed by atoms with Gasteiger partial charge in [0, 0.05) is 29.8 Å². The molecule has 0 spiro atoms. The Balaban J connectivity index is 1.01. The van der Waals surface area contributed by atoms with E-state index in [1.807, 2.05) is 0 Å². The van der Waals surface area contributed by atoms with Crippen molar-refractivity contribution < 1.29 is 23.2 Å². The molecule has 6 nitrogen and oxygen atoms in total. The number of piperidine rings is 1. The summed E-state index contributed by atoms with van der Waals surface area (Å²) >= 11 is 0. The molecule has 2 N–H and O–H groups in total. The molecule has 3 fully saturated rings. The highest BCUT2D eigenvalue weighted by Gasteiger charge is 2.29. The summed E-state index contributed by atoms with van der Waals surface area (Å²) in [6.45, 7) is 3.03. The summed E-state index contributed by atoms with van der Waals surface area (Å²) in [4.78, 5) is 14.9. The molecule has 2 saturated carbocycles. The van der Waals surface area contributed by atoms with E-state index in [1.165, 1.54) is 12.5 Å². The summed E-state index contributed by atoms with van der Waals surface area (Å²) in [7, 11) is 0. The van der Waals surface area contributed by atoms with Crippen LogP contribution in [0, 0.1) is 23.5 Å². The molecule has 2 atom stereocenters. The summed E-state index contributed by atoms with van der Waals surface area (Å²) < 4.78 is 32.4. The first-order valence-corrected chi connectivity index (χ1v) is 13.4. The van der Waals surface area contributed by atoms with E-state index in [-0.39, 0.29) is 17.9 Å². The summed E-state index contributed by atoms with van der Waals surface area (Å²) in [5.74, 6) is -0.341. The number of carbonyl (C=O) groups excluding carboxylic acids is 1. The van der Waals surface area contributed by atoms with Gasteiger partial charge in [0.2, 0.25) is 5.91 Å². The number of hydrogen-bond acceptors (Lipinski definition) is 5. The highest BCUT2D eigenvalue weighted by molar-refractivity contribution is 5.80. The zero-order chi connectivity index (χ0) is 24.4. The first-order chi connectivity index (χ1) is 16.9. The van der Waals surface area contributed by atoms with Gasteiger partial charge in [-0.3, -0.25) is 4.79 Å².